The van der Waals surface area contributed by atoms with Crippen molar-refractivity contribution < 1.29 is 4.79 Å². The maximum absolute atomic E-state index is 12.2. The van der Waals surface area contributed by atoms with Crippen molar-refractivity contribution in [3.63, 3.8) is 0 Å². The Kier molecular flexibility index (Phi) is 5.10. The quantitative estimate of drug-likeness (QED) is 0.834. The molecule has 0 saturated carbocycles. The van der Waals surface area contributed by atoms with E-state index in [-0.39, 0.29) is 17.0 Å². The molecule has 0 bridgehead atoms. The third kappa shape index (κ3) is 4.67. The number of allylic oxidation sites excluding steroid dienone is 1. The molecule has 1 amide bonds. The van der Waals surface area contributed by atoms with E-state index < -0.39 is 0 Å². The van der Waals surface area contributed by atoms with Crippen molar-refractivity contribution in [1.29, 1.82) is 10.5 Å². The zero-order chi connectivity index (χ0) is 16.0. The van der Waals surface area contributed by atoms with Crippen molar-refractivity contribution in [3.05, 3.63) is 41.1 Å². The molecule has 1 aromatic rings. The van der Waals surface area contributed by atoms with Gasteiger partial charge in [0.1, 0.15) is 17.7 Å². The molecule has 0 spiro atoms. The van der Waals surface area contributed by atoms with Crippen molar-refractivity contribution in [2.75, 3.05) is 5.32 Å². The van der Waals surface area contributed by atoms with E-state index in [4.69, 9.17) is 10.5 Å². The average molecular weight is 282 g/mol. The number of hydrogen-bond donors (Lipinski definition) is 2. The smallest absolute Gasteiger partial charge is 0.252 e. The Labute approximate surface area is 124 Å². The lowest BCUT2D eigenvalue weighted by Crippen LogP contribution is -2.40. The number of carbonyl (C=O) groups excluding carboxylic acids is 1. The monoisotopic (exact) mass is 282 g/mol. The molecule has 1 rings (SSSR count). The number of nitrogens with one attached hydrogen (secondary N) is 2. The van der Waals surface area contributed by atoms with Gasteiger partial charge in [-0.15, -0.1) is 0 Å². The highest BCUT2D eigenvalue weighted by Crippen LogP contribution is 2.20. The molecule has 21 heavy (non-hydrogen) atoms. The summed E-state index contributed by atoms with van der Waals surface area (Å²) in [5.41, 5.74) is 1.64. The van der Waals surface area contributed by atoms with Gasteiger partial charge in [-0.05, 0) is 45.4 Å². The highest BCUT2D eigenvalue weighted by atomic mass is 16.1. The minimum Gasteiger partial charge on any atom is -0.360 e. The Bertz CT molecular complexity index is 638. The summed E-state index contributed by atoms with van der Waals surface area (Å²) in [5, 5.41) is 23.2. The third-order valence-corrected chi connectivity index (χ3v) is 2.68. The molecule has 0 radical (unpaired) electrons. The number of nitrogens with zero attached hydrogens (tertiary/aromatic N) is 2. The van der Waals surface area contributed by atoms with E-state index in [1.54, 1.807) is 30.3 Å². The summed E-state index contributed by atoms with van der Waals surface area (Å²) in [6.45, 7) is 7.55. The van der Waals surface area contributed by atoms with Gasteiger partial charge in [0.25, 0.3) is 5.91 Å². The third-order valence-electron chi connectivity index (χ3n) is 2.68. The first-order chi connectivity index (χ1) is 9.78. The molecular formula is C16H18N4O. The predicted molar refractivity (Wildman–Crippen MR) is 81.3 cm³/mol. The lowest BCUT2D eigenvalue weighted by Gasteiger charge is -2.21. The second-order valence-electron chi connectivity index (χ2n) is 5.61. The molecule has 2 N–H and O–H groups in total. The van der Waals surface area contributed by atoms with Crippen molar-refractivity contribution in [1.82, 2.24) is 5.32 Å². The summed E-state index contributed by atoms with van der Waals surface area (Å²) in [6.07, 6.45) is 1.33. The first-order valence-electron chi connectivity index (χ1n) is 6.47. The van der Waals surface area contributed by atoms with E-state index in [2.05, 4.69) is 10.6 Å². The predicted octanol–water partition coefficient (Wildman–Crippen LogP) is 2.87. The molecule has 0 unspecified atom stereocenters. The van der Waals surface area contributed by atoms with E-state index in [1.165, 1.54) is 6.20 Å². The standard InChI is InChI=1S/C16H18N4O/c1-11-13(15(21)20-16(2,3)4)6-5-7-14(11)19-10-12(8-17)9-18/h5-7,10,19H,1-4H3,(H,20,21). The Morgan fingerprint density at radius 2 is 1.86 bits per heavy atom. The van der Waals surface area contributed by atoms with E-state index in [1.807, 2.05) is 27.7 Å². The van der Waals surface area contributed by atoms with Crippen molar-refractivity contribution in [2.24, 2.45) is 0 Å². The molecule has 0 saturated heterocycles. The second-order valence-corrected chi connectivity index (χ2v) is 5.61. The SMILES string of the molecule is Cc1c(NC=C(C#N)C#N)cccc1C(=O)NC(C)(C)C. The largest absolute Gasteiger partial charge is 0.360 e. The molecule has 0 fully saturated rings. The van der Waals surface area contributed by atoms with E-state index >= 15 is 0 Å². The van der Waals surface area contributed by atoms with Crippen molar-refractivity contribution >= 4 is 11.6 Å². The fourth-order valence-corrected chi connectivity index (χ4v) is 1.69. The number of carbonyl (C=O) groups is 1. The van der Waals surface area contributed by atoms with Crippen molar-refractivity contribution in [3.8, 4) is 12.1 Å². The second kappa shape index (κ2) is 6.58. The first-order valence-corrected chi connectivity index (χ1v) is 6.47. The minimum atomic E-state index is -0.318. The number of hydrogen-bond acceptors (Lipinski definition) is 4. The number of rotatable bonds is 3. The van der Waals surface area contributed by atoms with Gasteiger partial charge in [-0.1, -0.05) is 6.07 Å². The van der Waals surface area contributed by atoms with Crippen LogP contribution in [0.2, 0.25) is 0 Å². The van der Waals surface area contributed by atoms with E-state index in [0.717, 1.165) is 5.56 Å². The molecule has 0 heterocycles. The van der Waals surface area contributed by atoms with Gasteiger partial charge in [0.2, 0.25) is 0 Å². The Morgan fingerprint density at radius 3 is 2.38 bits per heavy atom. The maximum atomic E-state index is 12.2. The van der Waals surface area contributed by atoms with Gasteiger partial charge in [-0.2, -0.15) is 10.5 Å². The lowest BCUT2D eigenvalue weighted by atomic mass is 10.0. The fourth-order valence-electron chi connectivity index (χ4n) is 1.69. The summed E-state index contributed by atoms with van der Waals surface area (Å²) in [7, 11) is 0. The van der Waals surface area contributed by atoms with Gasteiger partial charge < -0.3 is 10.6 Å². The zero-order valence-corrected chi connectivity index (χ0v) is 12.6. The van der Waals surface area contributed by atoms with Crippen molar-refractivity contribution in [2.45, 2.75) is 33.2 Å². The molecule has 0 aromatic heterocycles. The summed E-state index contributed by atoms with van der Waals surface area (Å²) in [4.78, 5) is 12.2. The number of nitriles is 2. The van der Waals surface area contributed by atoms with Gasteiger partial charge in [0, 0.05) is 23.0 Å². The summed E-state index contributed by atoms with van der Waals surface area (Å²) >= 11 is 0. The van der Waals surface area contributed by atoms with Crippen LogP contribution in [0.15, 0.2) is 30.0 Å². The molecule has 0 aliphatic heterocycles. The van der Waals surface area contributed by atoms with Crippen LogP contribution in [0, 0.1) is 29.6 Å². The van der Waals surface area contributed by atoms with Crippen LogP contribution in [0.5, 0.6) is 0 Å². The highest BCUT2D eigenvalue weighted by molar-refractivity contribution is 5.97. The first kappa shape index (κ1) is 16.3. The van der Waals surface area contributed by atoms with Gasteiger partial charge in [0.05, 0.1) is 0 Å². The number of benzene rings is 1. The number of anilines is 1. The van der Waals surface area contributed by atoms with Crippen LogP contribution < -0.4 is 10.6 Å². The Morgan fingerprint density at radius 1 is 1.24 bits per heavy atom. The normalized spacial score (nSPS) is 10.0. The average Bonchev–Trinajstić information content (AvgIpc) is 2.39. The van der Waals surface area contributed by atoms with Crippen LogP contribution in [0.1, 0.15) is 36.7 Å². The summed E-state index contributed by atoms with van der Waals surface area (Å²) in [5.74, 6) is -0.159. The van der Waals surface area contributed by atoms with Crippen LogP contribution >= 0.6 is 0 Å². The van der Waals surface area contributed by atoms with Crippen LogP contribution in [0.25, 0.3) is 0 Å². The molecule has 108 valence electrons. The highest BCUT2D eigenvalue weighted by Gasteiger charge is 2.17. The molecular weight excluding hydrogens is 264 g/mol. The number of amides is 1. The molecule has 0 aliphatic carbocycles. The minimum absolute atomic E-state index is 0.0288. The van der Waals surface area contributed by atoms with Crippen LogP contribution in [-0.4, -0.2) is 11.4 Å². The van der Waals surface area contributed by atoms with Gasteiger partial charge >= 0.3 is 0 Å². The van der Waals surface area contributed by atoms with Crippen LogP contribution in [0.3, 0.4) is 0 Å². The fraction of sp³-hybridized carbons (Fsp3) is 0.312. The molecule has 5 nitrogen and oxygen atoms in total. The molecule has 0 atom stereocenters. The van der Waals surface area contributed by atoms with Crippen LogP contribution in [0.4, 0.5) is 5.69 Å². The molecule has 1 aromatic carbocycles. The van der Waals surface area contributed by atoms with Gasteiger partial charge in [-0.25, -0.2) is 0 Å². The Balaban J connectivity index is 3.05. The van der Waals surface area contributed by atoms with Gasteiger partial charge in [0.15, 0.2) is 0 Å². The zero-order valence-electron chi connectivity index (χ0n) is 12.6. The maximum Gasteiger partial charge on any atom is 0.252 e. The Hall–Kier alpha value is -2.79. The van der Waals surface area contributed by atoms with Crippen LogP contribution in [-0.2, 0) is 0 Å². The lowest BCUT2D eigenvalue weighted by molar-refractivity contribution is 0.0919. The topological polar surface area (TPSA) is 88.7 Å². The molecule has 5 heteroatoms. The molecule has 0 aliphatic rings. The summed E-state index contributed by atoms with van der Waals surface area (Å²) in [6, 6.07) is 8.81. The van der Waals surface area contributed by atoms with Gasteiger partial charge in [-0.3, -0.25) is 4.79 Å². The van der Waals surface area contributed by atoms with E-state index in [9.17, 15) is 4.79 Å². The summed E-state index contributed by atoms with van der Waals surface area (Å²) < 4.78 is 0. The van der Waals surface area contributed by atoms with E-state index in [0.29, 0.717) is 11.3 Å².